The molecule has 0 radical (unpaired) electrons. The molecule has 2 nitrogen and oxygen atoms in total. The summed E-state index contributed by atoms with van der Waals surface area (Å²) in [5.74, 6) is 1.18. The fourth-order valence-corrected chi connectivity index (χ4v) is 4.21. The first-order valence-corrected chi connectivity index (χ1v) is 11.2. The van der Waals surface area contributed by atoms with E-state index in [0.29, 0.717) is 5.75 Å². The molecule has 0 heterocycles. The Balaban J connectivity index is 1.53. The van der Waals surface area contributed by atoms with Gasteiger partial charge in [0.05, 0.1) is 0 Å². The van der Waals surface area contributed by atoms with Crippen LogP contribution in [0.4, 0.5) is 0 Å². The summed E-state index contributed by atoms with van der Waals surface area (Å²) >= 11 is 0. The predicted molar refractivity (Wildman–Crippen MR) is 122 cm³/mol. The molecular formula is C27H34O2. The minimum absolute atomic E-state index is 0.290. The molecule has 154 valence electrons. The van der Waals surface area contributed by atoms with E-state index in [1.807, 2.05) is 24.3 Å². The van der Waals surface area contributed by atoms with E-state index < -0.39 is 0 Å². The lowest BCUT2D eigenvalue weighted by molar-refractivity contribution is -0.131. The average molecular weight is 391 g/mol. The van der Waals surface area contributed by atoms with Crippen molar-refractivity contribution in [1.29, 1.82) is 0 Å². The van der Waals surface area contributed by atoms with Crippen LogP contribution in [0.2, 0.25) is 0 Å². The maximum atomic E-state index is 11.0. The topological polar surface area (TPSA) is 26.3 Å². The van der Waals surface area contributed by atoms with Crippen LogP contribution in [0.5, 0.6) is 5.75 Å². The van der Waals surface area contributed by atoms with Crippen LogP contribution in [-0.2, 0) is 4.79 Å². The Hall–Kier alpha value is -2.35. The van der Waals surface area contributed by atoms with E-state index in [2.05, 4.69) is 37.3 Å². The number of carbonyl (C=O) groups excluding carboxylic acids is 1. The first-order chi connectivity index (χ1) is 14.2. The smallest absolute Gasteiger partial charge is 0.308 e. The molecule has 0 bridgehead atoms. The number of ether oxygens (including phenoxy) is 1. The Labute approximate surface area is 176 Å². The number of allylic oxidation sites excluding steroid dienone is 2. The van der Waals surface area contributed by atoms with Gasteiger partial charge in [-0.3, -0.25) is 4.79 Å². The Kier molecular flexibility index (Phi) is 8.10. The molecule has 1 aliphatic rings. The van der Waals surface area contributed by atoms with Crippen molar-refractivity contribution in [2.75, 3.05) is 0 Å². The average Bonchev–Trinajstić information content (AvgIpc) is 2.74. The Morgan fingerprint density at radius 2 is 1.52 bits per heavy atom. The summed E-state index contributed by atoms with van der Waals surface area (Å²) in [6.45, 7) is 3.70. The van der Waals surface area contributed by atoms with Crippen molar-refractivity contribution >= 4 is 11.5 Å². The lowest BCUT2D eigenvalue weighted by atomic mass is 9.83. The van der Waals surface area contributed by atoms with Gasteiger partial charge in [-0.25, -0.2) is 0 Å². The monoisotopic (exact) mass is 390 g/mol. The predicted octanol–water partition coefficient (Wildman–Crippen LogP) is 7.82. The van der Waals surface area contributed by atoms with Crippen molar-refractivity contribution in [2.24, 2.45) is 5.92 Å². The van der Waals surface area contributed by atoms with Crippen LogP contribution >= 0.6 is 0 Å². The van der Waals surface area contributed by atoms with Gasteiger partial charge in [-0.2, -0.15) is 0 Å². The summed E-state index contributed by atoms with van der Waals surface area (Å²) in [5, 5.41) is 0. The van der Waals surface area contributed by atoms with E-state index in [1.165, 1.54) is 81.4 Å². The highest BCUT2D eigenvalue weighted by molar-refractivity contribution is 5.72. The molecule has 1 atom stereocenters. The lowest BCUT2D eigenvalue weighted by Gasteiger charge is -2.22. The van der Waals surface area contributed by atoms with Gasteiger partial charge >= 0.3 is 5.97 Å². The third-order valence-electron chi connectivity index (χ3n) is 5.94. The van der Waals surface area contributed by atoms with Crippen molar-refractivity contribution in [3.8, 4) is 16.9 Å². The Morgan fingerprint density at radius 3 is 2.10 bits per heavy atom. The van der Waals surface area contributed by atoms with Crippen molar-refractivity contribution in [2.45, 2.75) is 71.6 Å². The van der Waals surface area contributed by atoms with Crippen LogP contribution in [0.25, 0.3) is 16.7 Å². The highest BCUT2D eigenvalue weighted by atomic mass is 16.5. The van der Waals surface area contributed by atoms with Gasteiger partial charge in [-0.05, 0) is 59.6 Å². The van der Waals surface area contributed by atoms with Gasteiger partial charge in [0.2, 0.25) is 0 Å². The number of carbonyl (C=O) groups is 1. The molecule has 3 rings (SSSR count). The highest BCUT2D eigenvalue weighted by Crippen LogP contribution is 2.34. The normalized spacial score (nSPS) is 16.3. The van der Waals surface area contributed by atoms with Crippen molar-refractivity contribution in [1.82, 2.24) is 0 Å². The molecule has 0 saturated heterocycles. The summed E-state index contributed by atoms with van der Waals surface area (Å²) in [7, 11) is 0. The maximum absolute atomic E-state index is 11.0. The van der Waals surface area contributed by atoms with E-state index in [9.17, 15) is 4.79 Å². The molecule has 0 aliphatic heterocycles. The van der Waals surface area contributed by atoms with Crippen LogP contribution in [-0.4, -0.2) is 5.97 Å². The standard InChI is InChI=1S/C27H34O2/c1-3-4-5-6-7-8-22-9-11-23(12-10-22)24-13-15-25(16-14-24)26-17-19-27(20-18-26)29-21(2)28/h11,13-20,22H,3-10,12H2,1-2H3. The van der Waals surface area contributed by atoms with Crippen molar-refractivity contribution in [3.63, 3.8) is 0 Å². The van der Waals surface area contributed by atoms with E-state index >= 15 is 0 Å². The summed E-state index contributed by atoms with van der Waals surface area (Å²) < 4.78 is 5.11. The van der Waals surface area contributed by atoms with Gasteiger partial charge in [-0.1, -0.05) is 87.9 Å². The number of rotatable bonds is 9. The van der Waals surface area contributed by atoms with Crippen LogP contribution in [0.15, 0.2) is 54.6 Å². The lowest BCUT2D eigenvalue weighted by Crippen LogP contribution is -2.05. The van der Waals surface area contributed by atoms with Gasteiger partial charge in [0, 0.05) is 6.92 Å². The quantitative estimate of drug-likeness (QED) is 0.248. The zero-order valence-electron chi connectivity index (χ0n) is 18.0. The van der Waals surface area contributed by atoms with Gasteiger partial charge in [0.1, 0.15) is 5.75 Å². The highest BCUT2D eigenvalue weighted by Gasteiger charge is 2.15. The number of unbranched alkanes of at least 4 members (excludes halogenated alkanes) is 4. The number of benzene rings is 2. The number of hydrogen-bond donors (Lipinski definition) is 0. The van der Waals surface area contributed by atoms with Gasteiger partial charge < -0.3 is 4.74 Å². The minimum Gasteiger partial charge on any atom is -0.427 e. The molecule has 0 aromatic heterocycles. The van der Waals surface area contributed by atoms with E-state index in [0.717, 1.165) is 11.5 Å². The SMILES string of the molecule is CCCCCCCC1CC=C(c2ccc(-c3ccc(OC(C)=O)cc3)cc2)CC1. The summed E-state index contributed by atoms with van der Waals surface area (Å²) in [6.07, 6.45) is 14.6. The fraction of sp³-hybridized carbons (Fsp3) is 0.444. The zero-order chi connectivity index (χ0) is 20.5. The van der Waals surface area contributed by atoms with E-state index in [4.69, 9.17) is 4.74 Å². The molecule has 2 aromatic rings. The summed E-state index contributed by atoms with van der Waals surface area (Å²) in [5.41, 5.74) is 5.17. The maximum Gasteiger partial charge on any atom is 0.308 e. The van der Waals surface area contributed by atoms with E-state index in [1.54, 1.807) is 0 Å². The first-order valence-electron chi connectivity index (χ1n) is 11.2. The van der Waals surface area contributed by atoms with Crippen molar-refractivity contribution < 1.29 is 9.53 Å². The molecule has 29 heavy (non-hydrogen) atoms. The molecule has 1 unspecified atom stereocenters. The Morgan fingerprint density at radius 1 is 0.897 bits per heavy atom. The first kappa shape index (κ1) is 21.4. The van der Waals surface area contributed by atoms with Crippen molar-refractivity contribution in [3.05, 3.63) is 60.2 Å². The molecule has 0 fully saturated rings. The van der Waals surface area contributed by atoms with Gasteiger partial charge in [0.15, 0.2) is 0 Å². The second kappa shape index (κ2) is 11.0. The summed E-state index contributed by atoms with van der Waals surface area (Å²) in [4.78, 5) is 11.0. The van der Waals surface area contributed by atoms with Gasteiger partial charge in [0.25, 0.3) is 0 Å². The molecule has 0 saturated carbocycles. The molecule has 0 N–H and O–H groups in total. The third kappa shape index (κ3) is 6.59. The molecule has 0 spiro atoms. The minimum atomic E-state index is -0.290. The second-order valence-electron chi connectivity index (χ2n) is 8.27. The zero-order valence-corrected chi connectivity index (χ0v) is 18.0. The van der Waals surface area contributed by atoms with Crippen LogP contribution in [0.1, 0.15) is 77.2 Å². The largest absolute Gasteiger partial charge is 0.427 e. The van der Waals surface area contributed by atoms with Crippen LogP contribution in [0, 0.1) is 5.92 Å². The second-order valence-corrected chi connectivity index (χ2v) is 8.27. The molecule has 1 aliphatic carbocycles. The molecule has 0 amide bonds. The fourth-order valence-electron chi connectivity index (χ4n) is 4.21. The summed E-state index contributed by atoms with van der Waals surface area (Å²) in [6, 6.07) is 16.6. The number of hydrogen-bond acceptors (Lipinski definition) is 2. The Bertz CT molecular complexity index is 799. The molecular weight excluding hydrogens is 356 g/mol. The number of esters is 1. The van der Waals surface area contributed by atoms with Gasteiger partial charge in [-0.15, -0.1) is 0 Å². The third-order valence-corrected chi connectivity index (χ3v) is 5.94. The van der Waals surface area contributed by atoms with Crippen LogP contribution < -0.4 is 4.74 Å². The molecule has 2 aromatic carbocycles. The molecule has 2 heteroatoms. The van der Waals surface area contributed by atoms with E-state index in [-0.39, 0.29) is 5.97 Å². The van der Waals surface area contributed by atoms with Crippen LogP contribution in [0.3, 0.4) is 0 Å².